The summed E-state index contributed by atoms with van der Waals surface area (Å²) in [7, 11) is 0. The molecule has 0 heterocycles. The highest BCUT2D eigenvalue weighted by Crippen LogP contribution is 2.24. The van der Waals surface area contributed by atoms with Crippen molar-refractivity contribution in [2.24, 2.45) is 0 Å². The van der Waals surface area contributed by atoms with Gasteiger partial charge in [-0.1, -0.05) is 35.3 Å². The summed E-state index contributed by atoms with van der Waals surface area (Å²) in [5.41, 5.74) is 0.946. The lowest BCUT2D eigenvalue weighted by Crippen LogP contribution is -2.23. The highest BCUT2D eigenvalue weighted by Gasteiger charge is 2.11. The number of ether oxygens (including phenoxy) is 1. The molecule has 6 nitrogen and oxygen atoms in total. The van der Waals surface area contributed by atoms with Crippen LogP contribution in [0.2, 0.25) is 10.0 Å². The molecule has 3 aromatic rings. The van der Waals surface area contributed by atoms with E-state index in [2.05, 4.69) is 15.4 Å². The molecular weight excluding hydrogens is 476 g/mol. The molecule has 0 fully saturated rings. The lowest BCUT2D eigenvalue weighted by molar-refractivity contribution is 0.102. The quantitative estimate of drug-likeness (QED) is 0.256. The van der Waals surface area contributed by atoms with E-state index in [0.717, 1.165) is 0 Å². The van der Waals surface area contributed by atoms with Crippen molar-refractivity contribution >= 4 is 58.5 Å². The molecule has 10 heteroatoms. The predicted molar refractivity (Wildman–Crippen MR) is 127 cm³/mol. The first-order chi connectivity index (χ1) is 15.4. The molecule has 32 heavy (non-hydrogen) atoms. The molecule has 0 radical (unpaired) electrons. The smallest absolute Gasteiger partial charge is 0.329 e. The van der Waals surface area contributed by atoms with Crippen LogP contribution in [0.4, 0.5) is 20.6 Å². The molecule has 3 amide bonds. The predicted octanol–water partition coefficient (Wildman–Crippen LogP) is 6.23. The van der Waals surface area contributed by atoms with Gasteiger partial charge in [-0.2, -0.15) is 0 Å². The van der Waals surface area contributed by atoms with Crippen LogP contribution in [-0.4, -0.2) is 24.3 Å². The minimum Gasteiger partial charge on any atom is -0.493 e. The molecule has 0 atom stereocenters. The van der Waals surface area contributed by atoms with Gasteiger partial charge in [-0.3, -0.25) is 9.52 Å². The van der Waals surface area contributed by atoms with Crippen molar-refractivity contribution in [1.82, 2.24) is 4.72 Å². The maximum absolute atomic E-state index is 13.7. The highest BCUT2D eigenvalue weighted by atomic mass is 35.5. The number of hydrogen-bond acceptors (Lipinski definition) is 4. The Kier molecular flexibility index (Phi) is 8.61. The van der Waals surface area contributed by atoms with Crippen LogP contribution in [0.5, 0.6) is 5.75 Å². The second kappa shape index (κ2) is 11.6. The SMILES string of the molecule is O=C(NSCCOc1cc(Cl)cc(Cl)c1)Nc1ccc(NC(=O)c2ccccc2F)cc1. The van der Waals surface area contributed by atoms with Gasteiger partial charge in [-0.15, -0.1) is 0 Å². The Hall–Kier alpha value is -2.94. The molecule has 3 aromatic carbocycles. The van der Waals surface area contributed by atoms with Crippen LogP contribution < -0.4 is 20.1 Å². The molecule has 0 saturated carbocycles. The molecule has 0 saturated heterocycles. The molecule has 0 spiro atoms. The van der Waals surface area contributed by atoms with Crippen molar-refractivity contribution < 1.29 is 18.7 Å². The van der Waals surface area contributed by atoms with Gasteiger partial charge in [-0.05, 0) is 66.5 Å². The van der Waals surface area contributed by atoms with E-state index >= 15 is 0 Å². The lowest BCUT2D eigenvalue weighted by atomic mass is 10.2. The Labute approximate surface area is 198 Å². The molecule has 0 unspecified atom stereocenters. The number of carbonyl (C=O) groups is 2. The molecule has 0 aliphatic carbocycles. The first kappa shape index (κ1) is 23.7. The number of rotatable bonds is 8. The molecule has 3 N–H and O–H groups in total. The average molecular weight is 494 g/mol. The zero-order chi connectivity index (χ0) is 22.9. The largest absolute Gasteiger partial charge is 0.493 e. The number of carbonyl (C=O) groups excluding carboxylic acids is 2. The summed E-state index contributed by atoms with van der Waals surface area (Å²) >= 11 is 13.0. The van der Waals surface area contributed by atoms with Gasteiger partial charge in [0.15, 0.2) is 0 Å². The van der Waals surface area contributed by atoms with Crippen molar-refractivity contribution in [3.8, 4) is 5.75 Å². The van der Waals surface area contributed by atoms with Gasteiger partial charge in [0.2, 0.25) is 0 Å². The van der Waals surface area contributed by atoms with E-state index in [4.69, 9.17) is 27.9 Å². The van der Waals surface area contributed by atoms with Crippen LogP contribution in [-0.2, 0) is 0 Å². The summed E-state index contributed by atoms with van der Waals surface area (Å²) in [5.74, 6) is -0.104. The van der Waals surface area contributed by atoms with E-state index < -0.39 is 17.8 Å². The third kappa shape index (κ3) is 7.33. The van der Waals surface area contributed by atoms with E-state index in [0.29, 0.717) is 39.5 Å². The maximum Gasteiger partial charge on any atom is 0.329 e. The number of nitrogens with one attached hydrogen (secondary N) is 3. The number of halogens is 3. The highest BCUT2D eigenvalue weighted by molar-refractivity contribution is 7.97. The first-order valence-electron chi connectivity index (χ1n) is 9.34. The van der Waals surface area contributed by atoms with Gasteiger partial charge >= 0.3 is 6.03 Å². The number of hydrogen-bond donors (Lipinski definition) is 3. The Morgan fingerprint density at radius 3 is 2.19 bits per heavy atom. The van der Waals surface area contributed by atoms with Crippen molar-refractivity contribution in [2.75, 3.05) is 23.0 Å². The fourth-order valence-electron chi connectivity index (χ4n) is 2.57. The summed E-state index contributed by atoms with van der Waals surface area (Å²) in [5, 5.41) is 6.24. The van der Waals surface area contributed by atoms with Gasteiger partial charge in [0.05, 0.1) is 12.2 Å². The average Bonchev–Trinajstić information content (AvgIpc) is 2.74. The molecule has 0 aliphatic rings. The van der Waals surface area contributed by atoms with Gasteiger partial charge in [0.25, 0.3) is 5.91 Å². The minimum atomic E-state index is -0.598. The van der Waals surface area contributed by atoms with Gasteiger partial charge in [-0.25, -0.2) is 9.18 Å². The van der Waals surface area contributed by atoms with Gasteiger partial charge in [0, 0.05) is 27.2 Å². The summed E-state index contributed by atoms with van der Waals surface area (Å²) in [4.78, 5) is 24.1. The van der Waals surface area contributed by atoms with E-state index in [1.54, 1.807) is 48.5 Å². The van der Waals surface area contributed by atoms with Crippen molar-refractivity contribution in [3.05, 3.63) is 88.2 Å². The third-order valence-corrected chi connectivity index (χ3v) is 5.11. The molecule has 0 aromatic heterocycles. The van der Waals surface area contributed by atoms with Gasteiger partial charge < -0.3 is 15.4 Å². The van der Waals surface area contributed by atoms with E-state index in [9.17, 15) is 14.0 Å². The lowest BCUT2D eigenvalue weighted by Gasteiger charge is -2.10. The van der Waals surface area contributed by atoms with E-state index in [1.165, 1.54) is 30.1 Å². The van der Waals surface area contributed by atoms with Crippen molar-refractivity contribution in [1.29, 1.82) is 0 Å². The molecular formula is C22H18Cl2FN3O3S. The topological polar surface area (TPSA) is 79.5 Å². The van der Waals surface area contributed by atoms with E-state index in [-0.39, 0.29) is 5.56 Å². The Bertz CT molecular complexity index is 1080. The minimum absolute atomic E-state index is 0.0476. The van der Waals surface area contributed by atoms with Crippen LogP contribution in [0.1, 0.15) is 10.4 Å². The van der Waals surface area contributed by atoms with Crippen LogP contribution in [0.3, 0.4) is 0 Å². The standard InChI is InChI=1S/C22H18Cl2FN3O3S/c23-14-11-15(24)13-18(12-14)31-9-10-32-28-22(30)27-17-7-5-16(6-8-17)26-21(29)19-3-1-2-4-20(19)25/h1-8,11-13H,9-10H2,(H,26,29)(H2,27,28,30). The van der Waals surface area contributed by atoms with Crippen LogP contribution in [0.25, 0.3) is 0 Å². The zero-order valence-corrected chi connectivity index (χ0v) is 18.9. The molecule has 0 bridgehead atoms. The number of anilines is 2. The van der Waals surface area contributed by atoms with Crippen LogP contribution in [0, 0.1) is 5.82 Å². The summed E-state index contributed by atoms with van der Waals surface area (Å²) < 4.78 is 21.9. The summed E-state index contributed by atoms with van der Waals surface area (Å²) in [6.07, 6.45) is 0. The van der Waals surface area contributed by atoms with E-state index in [1.807, 2.05) is 0 Å². The zero-order valence-electron chi connectivity index (χ0n) is 16.5. The second-order valence-electron chi connectivity index (χ2n) is 6.37. The third-order valence-electron chi connectivity index (χ3n) is 3.97. The Morgan fingerprint density at radius 2 is 1.53 bits per heavy atom. The summed E-state index contributed by atoms with van der Waals surface area (Å²) in [6.45, 7) is 0.345. The first-order valence-corrected chi connectivity index (χ1v) is 11.1. The number of urea groups is 1. The number of amides is 3. The summed E-state index contributed by atoms with van der Waals surface area (Å²) in [6, 6.07) is 16.7. The fourth-order valence-corrected chi connectivity index (χ4v) is 3.52. The Balaban J connectivity index is 1.39. The molecule has 0 aliphatic heterocycles. The van der Waals surface area contributed by atoms with Crippen LogP contribution in [0.15, 0.2) is 66.7 Å². The second-order valence-corrected chi connectivity index (χ2v) is 8.14. The van der Waals surface area contributed by atoms with Gasteiger partial charge in [0.1, 0.15) is 11.6 Å². The molecule has 166 valence electrons. The fraction of sp³-hybridized carbons (Fsp3) is 0.0909. The maximum atomic E-state index is 13.7. The van der Waals surface area contributed by atoms with Crippen LogP contribution >= 0.6 is 35.1 Å². The molecule has 3 rings (SSSR count). The monoisotopic (exact) mass is 493 g/mol. The number of benzene rings is 3. The normalized spacial score (nSPS) is 10.3. The van der Waals surface area contributed by atoms with Crippen molar-refractivity contribution in [3.63, 3.8) is 0 Å². The Morgan fingerprint density at radius 1 is 0.906 bits per heavy atom. The van der Waals surface area contributed by atoms with Crippen molar-refractivity contribution in [2.45, 2.75) is 0 Å².